The number of carbonyl (C=O) groups is 2. The first kappa shape index (κ1) is 22.2. The predicted octanol–water partition coefficient (Wildman–Crippen LogP) is 2.51. The maximum atomic E-state index is 12.9. The van der Waals surface area contributed by atoms with Gasteiger partial charge in [-0.1, -0.05) is 51.6 Å². The molecule has 2 heterocycles. The Kier molecular flexibility index (Phi) is 6.64. The first-order chi connectivity index (χ1) is 13.6. The minimum absolute atomic E-state index is 0.0128. The number of benzene rings is 1. The summed E-state index contributed by atoms with van der Waals surface area (Å²) in [5.74, 6) is 1.13. The fourth-order valence-corrected chi connectivity index (χ4v) is 5.51. The van der Waals surface area contributed by atoms with Crippen molar-refractivity contribution in [2.45, 2.75) is 76.3 Å². The summed E-state index contributed by atoms with van der Waals surface area (Å²) in [7, 11) is 0. The lowest BCUT2D eigenvalue weighted by molar-refractivity contribution is -0.714. The largest absolute Gasteiger partial charge is 0.348 e. The molecule has 29 heavy (non-hydrogen) atoms. The molecular weight excluding hydrogens is 382 g/mol. The van der Waals surface area contributed by atoms with E-state index in [0.29, 0.717) is 0 Å². The van der Waals surface area contributed by atoms with E-state index in [-0.39, 0.29) is 34.2 Å². The first-order valence-corrected chi connectivity index (χ1v) is 11.8. The van der Waals surface area contributed by atoms with E-state index in [1.54, 1.807) is 0 Å². The Morgan fingerprint density at radius 2 is 1.86 bits per heavy atom. The highest BCUT2D eigenvalue weighted by Gasteiger charge is 2.48. The zero-order valence-electron chi connectivity index (χ0n) is 18.5. The number of hydrogen-bond donors (Lipinski definition) is 2. The van der Waals surface area contributed by atoms with Crippen molar-refractivity contribution in [1.29, 1.82) is 0 Å². The summed E-state index contributed by atoms with van der Waals surface area (Å²) in [6.45, 7) is 12.2. The Labute approximate surface area is 179 Å². The summed E-state index contributed by atoms with van der Waals surface area (Å²) in [4.78, 5) is 27.4. The standard InChI is InChI=1S/C23H35N3O2S/c1-6-16(2)24-20(27)19-15-29-23(25-19)11-13-26(14-12-23)21(28)17-7-9-18(10-8-17)22(3,4)5/h7-10,16,19,25H,6,11-15H2,1-5H3,(H,24,27)/p+1/t16-,19-/m0/s1. The van der Waals surface area contributed by atoms with Crippen LogP contribution in [-0.4, -0.2) is 52.5 Å². The second-order valence-corrected chi connectivity index (χ2v) is 11.0. The molecule has 5 nitrogen and oxygen atoms in total. The van der Waals surface area contributed by atoms with Gasteiger partial charge in [-0.05, 0) is 36.5 Å². The average molecular weight is 419 g/mol. The molecule has 0 radical (unpaired) electrons. The van der Waals surface area contributed by atoms with Crippen molar-refractivity contribution in [1.82, 2.24) is 10.2 Å². The molecule has 1 spiro atoms. The topological polar surface area (TPSA) is 66.0 Å². The van der Waals surface area contributed by atoms with Crippen LogP contribution in [0.15, 0.2) is 24.3 Å². The Balaban J connectivity index is 1.55. The number of likely N-dealkylation sites (tertiary alicyclic amines) is 1. The fraction of sp³-hybridized carbons (Fsp3) is 0.652. The molecule has 2 aliphatic heterocycles. The van der Waals surface area contributed by atoms with Crippen molar-refractivity contribution in [3.05, 3.63) is 35.4 Å². The number of amides is 2. The number of nitrogens with two attached hydrogens (primary N) is 1. The second-order valence-electron chi connectivity index (χ2n) is 9.59. The van der Waals surface area contributed by atoms with Gasteiger partial charge in [0.25, 0.3) is 11.8 Å². The molecule has 1 aromatic carbocycles. The summed E-state index contributed by atoms with van der Waals surface area (Å²) >= 11 is 1.90. The van der Waals surface area contributed by atoms with Crippen LogP contribution in [0.5, 0.6) is 0 Å². The monoisotopic (exact) mass is 418 g/mol. The van der Waals surface area contributed by atoms with E-state index in [1.807, 2.05) is 35.7 Å². The van der Waals surface area contributed by atoms with Crippen LogP contribution in [0.25, 0.3) is 0 Å². The van der Waals surface area contributed by atoms with Crippen LogP contribution in [0, 0.1) is 0 Å². The number of carbonyl (C=O) groups excluding carboxylic acids is 2. The van der Waals surface area contributed by atoms with Gasteiger partial charge in [0.2, 0.25) is 0 Å². The van der Waals surface area contributed by atoms with Gasteiger partial charge in [-0.25, -0.2) is 0 Å². The molecule has 2 saturated heterocycles. The van der Waals surface area contributed by atoms with Crippen LogP contribution in [-0.2, 0) is 10.2 Å². The van der Waals surface area contributed by atoms with E-state index in [2.05, 4.69) is 50.5 Å². The maximum Gasteiger partial charge on any atom is 0.279 e. The highest BCUT2D eigenvalue weighted by atomic mass is 32.2. The third-order valence-electron chi connectivity index (χ3n) is 6.29. The van der Waals surface area contributed by atoms with Crippen molar-refractivity contribution in [2.24, 2.45) is 0 Å². The van der Waals surface area contributed by atoms with E-state index in [9.17, 15) is 9.59 Å². The second kappa shape index (κ2) is 8.68. The van der Waals surface area contributed by atoms with Gasteiger partial charge in [0, 0.05) is 37.5 Å². The zero-order chi connectivity index (χ0) is 21.2. The van der Waals surface area contributed by atoms with Crippen LogP contribution in [0.4, 0.5) is 0 Å². The molecule has 2 fully saturated rings. The van der Waals surface area contributed by atoms with E-state index in [0.717, 1.165) is 43.7 Å². The van der Waals surface area contributed by atoms with E-state index >= 15 is 0 Å². The number of piperidine rings is 1. The molecule has 0 bridgehead atoms. The van der Waals surface area contributed by atoms with Gasteiger partial charge in [-0.15, -0.1) is 0 Å². The van der Waals surface area contributed by atoms with Crippen LogP contribution >= 0.6 is 11.8 Å². The average Bonchev–Trinajstić information content (AvgIpc) is 3.11. The Morgan fingerprint density at radius 3 is 2.41 bits per heavy atom. The molecule has 0 aromatic heterocycles. The van der Waals surface area contributed by atoms with Gasteiger partial charge in [-0.3, -0.25) is 9.59 Å². The lowest BCUT2D eigenvalue weighted by atomic mass is 9.86. The zero-order valence-corrected chi connectivity index (χ0v) is 19.3. The number of quaternary nitrogens is 1. The summed E-state index contributed by atoms with van der Waals surface area (Å²) in [5, 5.41) is 5.37. The quantitative estimate of drug-likeness (QED) is 0.790. The van der Waals surface area contributed by atoms with Crippen molar-refractivity contribution >= 4 is 23.6 Å². The third-order valence-corrected chi connectivity index (χ3v) is 7.93. The van der Waals surface area contributed by atoms with Gasteiger partial charge in [0.1, 0.15) is 4.87 Å². The molecule has 0 aliphatic carbocycles. The van der Waals surface area contributed by atoms with E-state index in [4.69, 9.17) is 0 Å². The van der Waals surface area contributed by atoms with Crippen molar-refractivity contribution < 1.29 is 14.9 Å². The summed E-state index contributed by atoms with van der Waals surface area (Å²) in [5.41, 5.74) is 2.10. The first-order valence-electron chi connectivity index (χ1n) is 10.8. The molecule has 3 rings (SSSR count). The van der Waals surface area contributed by atoms with E-state index < -0.39 is 0 Å². The van der Waals surface area contributed by atoms with Gasteiger partial charge < -0.3 is 15.5 Å². The molecule has 160 valence electrons. The number of thioether (sulfide) groups is 1. The minimum Gasteiger partial charge on any atom is -0.348 e. The molecule has 2 amide bonds. The Bertz CT molecular complexity index is 733. The van der Waals surface area contributed by atoms with Gasteiger partial charge in [0.15, 0.2) is 6.04 Å². The molecule has 3 N–H and O–H groups in total. The summed E-state index contributed by atoms with van der Waals surface area (Å²) in [6.07, 6.45) is 2.80. The lowest BCUT2D eigenvalue weighted by Crippen LogP contribution is -3.00. The number of nitrogens with zero attached hydrogens (tertiary/aromatic N) is 1. The number of hydrogen-bond acceptors (Lipinski definition) is 3. The van der Waals surface area contributed by atoms with Crippen LogP contribution in [0.1, 0.15) is 69.8 Å². The van der Waals surface area contributed by atoms with Crippen LogP contribution < -0.4 is 10.6 Å². The number of nitrogens with one attached hydrogen (secondary N) is 1. The van der Waals surface area contributed by atoms with Crippen LogP contribution in [0.2, 0.25) is 0 Å². The Morgan fingerprint density at radius 1 is 1.24 bits per heavy atom. The highest BCUT2D eigenvalue weighted by molar-refractivity contribution is 8.00. The fourth-order valence-electron chi connectivity index (χ4n) is 4.02. The summed E-state index contributed by atoms with van der Waals surface area (Å²) in [6, 6.07) is 8.26. The predicted molar refractivity (Wildman–Crippen MR) is 119 cm³/mol. The molecule has 2 atom stereocenters. The number of rotatable bonds is 4. The van der Waals surface area contributed by atoms with Crippen molar-refractivity contribution in [2.75, 3.05) is 18.8 Å². The van der Waals surface area contributed by atoms with E-state index in [1.165, 1.54) is 5.56 Å². The van der Waals surface area contributed by atoms with Gasteiger partial charge in [-0.2, -0.15) is 0 Å². The normalized spacial score (nSPS) is 22.5. The molecule has 6 heteroatoms. The minimum atomic E-state index is -0.0128. The summed E-state index contributed by atoms with van der Waals surface area (Å²) < 4.78 is 0. The van der Waals surface area contributed by atoms with Gasteiger partial charge >= 0.3 is 0 Å². The molecular formula is C23H36N3O2S+. The molecule has 0 unspecified atom stereocenters. The van der Waals surface area contributed by atoms with Gasteiger partial charge in [0.05, 0.1) is 5.75 Å². The Hall–Kier alpha value is -1.53. The molecule has 2 aliphatic rings. The highest BCUT2D eigenvalue weighted by Crippen LogP contribution is 2.34. The maximum absolute atomic E-state index is 12.9. The smallest absolute Gasteiger partial charge is 0.279 e. The molecule has 1 aromatic rings. The SMILES string of the molecule is CC[C@H](C)NC(=O)[C@@H]1CSC2(CCN(C(=O)c3ccc(C(C)(C)C)cc3)CC2)[NH2+]1. The lowest BCUT2D eigenvalue weighted by Gasteiger charge is -2.36. The third kappa shape index (κ3) is 5.15. The van der Waals surface area contributed by atoms with Crippen molar-refractivity contribution in [3.63, 3.8) is 0 Å². The van der Waals surface area contributed by atoms with Crippen LogP contribution in [0.3, 0.4) is 0 Å². The molecule has 0 saturated carbocycles. The van der Waals surface area contributed by atoms with Crippen molar-refractivity contribution in [3.8, 4) is 0 Å².